The maximum absolute atomic E-state index is 13.0. The molecule has 0 radical (unpaired) electrons. The zero-order valence-electron chi connectivity index (χ0n) is 16.7. The van der Waals surface area contributed by atoms with Crippen LogP contribution < -0.4 is 15.5 Å². The number of aromatic nitrogens is 2. The van der Waals surface area contributed by atoms with Crippen LogP contribution >= 0.6 is 0 Å². The molecule has 150 valence electrons. The summed E-state index contributed by atoms with van der Waals surface area (Å²) in [5, 5.41) is 5.86. The Bertz CT molecular complexity index is 969. The first-order chi connectivity index (χ1) is 14.0. The van der Waals surface area contributed by atoms with Crippen LogP contribution in [-0.2, 0) is 0 Å². The number of amides is 1. The van der Waals surface area contributed by atoms with Crippen LogP contribution in [0.1, 0.15) is 29.8 Å². The fourth-order valence-corrected chi connectivity index (χ4v) is 2.94. The maximum atomic E-state index is 13.0. The van der Waals surface area contributed by atoms with Crippen molar-refractivity contribution in [2.24, 2.45) is 0 Å². The molecule has 0 aliphatic heterocycles. The van der Waals surface area contributed by atoms with E-state index in [0.29, 0.717) is 17.2 Å². The van der Waals surface area contributed by atoms with Gasteiger partial charge in [-0.15, -0.1) is 0 Å². The zero-order valence-corrected chi connectivity index (χ0v) is 16.7. The quantitative estimate of drug-likeness (QED) is 0.605. The van der Waals surface area contributed by atoms with E-state index >= 15 is 0 Å². The van der Waals surface area contributed by atoms with Crippen LogP contribution in [0.15, 0.2) is 54.9 Å². The Hall–Kier alpha value is -3.48. The number of benzene rings is 2. The molecule has 0 aliphatic rings. The third-order valence-electron chi connectivity index (χ3n) is 4.60. The van der Waals surface area contributed by atoms with Crippen LogP contribution in [0.25, 0.3) is 0 Å². The number of carbonyl (C=O) groups is 1. The van der Waals surface area contributed by atoms with Gasteiger partial charge in [-0.3, -0.25) is 4.79 Å². The lowest BCUT2D eigenvalue weighted by Crippen LogP contribution is -2.22. The van der Waals surface area contributed by atoms with E-state index in [4.69, 9.17) is 0 Å². The summed E-state index contributed by atoms with van der Waals surface area (Å²) in [5.41, 5.74) is 3.87. The number of halogens is 1. The van der Waals surface area contributed by atoms with Gasteiger partial charge in [-0.25, -0.2) is 14.4 Å². The normalized spacial score (nSPS) is 10.5. The predicted molar refractivity (Wildman–Crippen MR) is 114 cm³/mol. The fourth-order valence-electron chi connectivity index (χ4n) is 2.94. The van der Waals surface area contributed by atoms with E-state index < -0.39 is 0 Å². The SMILES string of the molecule is CCN(CC)c1ccc(NC(=O)c2cnc(Nc3ccc(F)cc3)nc2)c(C)c1. The van der Waals surface area contributed by atoms with Crippen LogP contribution in [0.4, 0.5) is 27.4 Å². The van der Waals surface area contributed by atoms with Gasteiger partial charge in [0.2, 0.25) is 5.95 Å². The van der Waals surface area contributed by atoms with Gasteiger partial charge in [0.1, 0.15) is 5.82 Å². The molecule has 3 aromatic rings. The molecule has 0 spiro atoms. The van der Waals surface area contributed by atoms with Gasteiger partial charge in [0, 0.05) is 42.5 Å². The molecule has 0 aliphatic carbocycles. The van der Waals surface area contributed by atoms with Crippen molar-refractivity contribution in [3.05, 3.63) is 71.8 Å². The maximum Gasteiger partial charge on any atom is 0.258 e. The average Bonchev–Trinajstić information content (AvgIpc) is 2.73. The highest BCUT2D eigenvalue weighted by Gasteiger charge is 2.11. The zero-order chi connectivity index (χ0) is 20.8. The first-order valence-corrected chi connectivity index (χ1v) is 9.51. The van der Waals surface area contributed by atoms with Crippen molar-refractivity contribution in [2.45, 2.75) is 20.8 Å². The van der Waals surface area contributed by atoms with Crippen molar-refractivity contribution >= 4 is 28.9 Å². The second kappa shape index (κ2) is 9.14. The Balaban J connectivity index is 1.67. The smallest absolute Gasteiger partial charge is 0.258 e. The summed E-state index contributed by atoms with van der Waals surface area (Å²) in [5.74, 6) is -0.270. The van der Waals surface area contributed by atoms with Crippen LogP contribution in [0.3, 0.4) is 0 Å². The van der Waals surface area contributed by atoms with Crippen molar-refractivity contribution in [3.63, 3.8) is 0 Å². The van der Waals surface area contributed by atoms with E-state index in [1.807, 2.05) is 19.1 Å². The van der Waals surface area contributed by atoms with E-state index in [1.54, 1.807) is 12.1 Å². The molecular formula is C22H24FN5O. The molecule has 0 atom stereocenters. The van der Waals surface area contributed by atoms with Gasteiger partial charge < -0.3 is 15.5 Å². The number of anilines is 4. The first kappa shape index (κ1) is 20.3. The number of rotatable bonds is 7. The van der Waals surface area contributed by atoms with Crippen molar-refractivity contribution < 1.29 is 9.18 Å². The van der Waals surface area contributed by atoms with Gasteiger partial charge in [0.15, 0.2) is 0 Å². The van der Waals surface area contributed by atoms with Crippen LogP contribution in [0.5, 0.6) is 0 Å². The Kier molecular flexibility index (Phi) is 6.39. The highest BCUT2D eigenvalue weighted by atomic mass is 19.1. The monoisotopic (exact) mass is 393 g/mol. The molecule has 1 aromatic heterocycles. The molecule has 1 heterocycles. The van der Waals surface area contributed by atoms with Crippen molar-refractivity contribution in [1.29, 1.82) is 0 Å². The highest BCUT2D eigenvalue weighted by molar-refractivity contribution is 6.04. The molecule has 2 aromatic carbocycles. The topological polar surface area (TPSA) is 70.2 Å². The van der Waals surface area contributed by atoms with Crippen molar-refractivity contribution in [3.8, 4) is 0 Å². The Morgan fingerprint density at radius 3 is 2.28 bits per heavy atom. The van der Waals surface area contributed by atoms with Gasteiger partial charge in [-0.05, 0) is 68.8 Å². The van der Waals surface area contributed by atoms with Gasteiger partial charge in [0.25, 0.3) is 5.91 Å². The summed E-state index contributed by atoms with van der Waals surface area (Å²) in [6, 6.07) is 11.8. The van der Waals surface area contributed by atoms with Crippen LogP contribution in [-0.4, -0.2) is 29.0 Å². The molecule has 0 saturated heterocycles. The average molecular weight is 393 g/mol. The summed E-state index contributed by atoms with van der Waals surface area (Å²) < 4.78 is 13.0. The molecule has 29 heavy (non-hydrogen) atoms. The second-order valence-corrected chi connectivity index (χ2v) is 6.55. The van der Waals surface area contributed by atoms with Crippen LogP contribution in [0, 0.1) is 12.7 Å². The van der Waals surface area contributed by atoms with Crippen molar-refractivity contribution in [1.82, 2.24) is 9.97 Å². The van der Waals surface area contributed by atoms with Gasteiger partial charge >= 0.3 is 0 Å². The molecule has 6 nitrogen and oxygen atoms in total. The van der Waals surface area contributed by atoms with Gasteiger partial charge in [0.05, 0.1) is 5.56 Å². The van der Waals surface area contributed by atoms with Crippen molar-refractivity contribution in [2.75, 3.05) is 28.6 Å². The van der Waals surface area contributed by atoms with Gasteiger partial charge in [-0.1, -0.05) is 0 Å². The van der Waals surface area contributed by atoms with E-state index in [1.165, 1.54) is 24.5 Å². The van der Waals surface area contributed by atoms with Gasteiger partial charge in [-0.2, -0.15) is 0 Å². The van der Waals surface area contributed by atoms with E-state index in [2.05, 4.69) is 45.4 Å². The summed E-state index contributed by atoms with van der Waals surface area (Å²) >= 11 is 0. The van der Waals surface area contributed by atoms with E-state index in [9.17, 15) is 9.18 Å². The lowest BCUT2D eigenvalue weighted by atomic mass is 10.1. The molecule has 0 unspecified atom stereocenters. The van der Waals surface area contributed by atoms with E-state index in [-0.39, 0.29) is 11.7 Å². The third kappa shape index (κ3) is 5.07. The number of aryl methyl sites for hydroxylation is 1. The minimum atomic E-state index is -0.316. The largest absolute Gasteiger partial charge is 0.372 e. The molecule has 3 rings (SSSR count). The number of nitrogens with one attached hydrogen (secondary N) is 2. The molecular weight excluding hydrogens is 369 g/mol. The second-order valence-electron chi connectivity index (χ2n) is 6.55. The Morgan fingerprint density at radius 2 is 1.69 bits per heavy atom. The lowest BCUT2D eigenvalue weighted by Gasteiger charge is -2.22. The summed E-state index contributed by atoms with van der Waals surface area (Å²) in [6.45, 7) is 8.05. The number of nitrogens with zero attached hydrogens (tertiary/aromatic N) is 3. The predicted octanol–water partition coefficient (Wildman–Crippen LogP) is 4.77. The Labute approximate surface area is 169 Å². The number of hydrogen-bond acceptors (Lipinski definition) is 5. The fraction of sp³-hybridized carbons (Fsp3) is 0.227. The Morgan fingerprint density at radius 1 is 1.03 bits per heavy atom. The molecule has 1 amide bonds. The molecule has 0 bridgehead atoms. The minimum Gasteiger partial charge on any atom is -0.372 e. The molecule has 0 saturated carbocycles. The molecule has 2 N–H and O–H groups in total. The summed E-state index contributed by atoms with van der Waals surface area (Å²) in [7, 11) is 0. The summed E-state index contributed by atoms with van der Waals surface area (Å²) in [6.07, 6.45) is 2.90. The van der Waals surface area contributed by atoms with E-state index in [0.717, 1.165) is 30.0 Å². The number of hydrogen-bond donors (Lipinski definition) is 2. The third-order valence-corrected chi connectivity index (χ3v) is 4.60. The standard InChI is InChI=1S/C22H24FN5O/c1-4-28(5-2)19-10-11-20(15(3)12-19)27-21(29)16-13-24-22(25-14-16)26-18-8-6-17(23)7-9-18/h6-14H,4-5H2,1-3H3,(H,27,29)(H,24,25,26). The molecule has 0 fully saturated rings. The first-order valence-electron chi connectivity index (χ1n) is 9.51. The highest BCUT2D eigenvalue weighted by Crippen LogP contribution is 2.23. The van der Waals surface area contributed by atoms with Crippen LogP contribution in [0.2, 0.25) is 0 Å². The lowest BCUT2D eigenvalue weighted by molar-refractivity contribution is 0.102. The molecule has 7 heteroatoms. The summed E-state index contributed by atoms with van der Waals surface area (Å²) in [4.78, 5) is 23.1. The minimum absolute atomic E-state index is 0.281. The number of carbonyl (C=O) groups excluding carboxylic acids is 1.